The molecule has 0 radical (unpaired) electrons. The Labute approximate surface area is 95.6 Å². The van der Waals surface area contributed by atoms with E-state index in [1.54, 1.807) is 7.11 Å². The molecule has 0 fully saturated rings. The van der Waals surface area contributed by atoms with Gasteiger partial charge in [0.1, 0.15) is 0 Å². The molecule has 1 heterocycles. The van der Waals surface area contributed by atoms with E-state index >= 15 is 0 Å². The second-order valence-electron chi connectivity index (χ2n) is 3.67. The maximum atomic E-state index is 5.28. The lowest BCUT2D eigenvalue weighted by Gasteiger charge is -2.07. The summed E-state index contributed by atoms with van der Waals surface area (Å²) in [6, 6.07) is 8.26. The van der Waals surface area contributed by atoms with Crippen LogP contribution in [0.15, 0.2) is 30.8 Å². The van der Waals surface area contributed by atoms with Crippen molar-refractivity contribution in [3.63, 3.8) is 0 Å². The van der Waals surface area contributed by atoms with Crippen molar-refractivity contribution in [1.82, 2.24) is 4.98 Å². The summed E-state index contributed by atoms with van der Waals surface area (Å²) in [5.41, 5.74) is 3.17. The molecule has 2 rings (SSSR count). The van der Waals surface area contributed by atoms with E-state index in [2.05, 4.69) is 30.6 Å². The lowest BCUT2D eigenvalue weighted by molar-refractivity contribution is 0.395. The highest BCUT2D eigenvalue weighted by Gasteiger charge is 2.05. The molecule has 0 amide bonds. The topological polar surface area (TPSA) is 22.1 Å². The molecule has 0 aliphatic carbocycles. The molecule has 0 spiro atoms. The van der Waals surface area contributed by atoms with Gasteiger partial charge >= 0.3 is 0 Å². The maximum absolute atomic E-state index is 5.28. The fourth-order valence-corrected chi connectivity index (χ4v) is 1.77. The van der Waals surface area contributed by atoms with Crippen molar-refractivity contribution < 1.29 is 4.74 Å². The van der Waals surface area contributed by atoms with E-state index in [1.807, 2.05) is 18.2 Å². The minimum Gasteiger partial charge on any atom is -0.481 e. The maximum Gasteiger partial charge on any atom is 0.216 e. The summed E-state index contributed by atoms with van der Waals surface area (Å²) in [7, 11) is 1.66. The van der Waals surface area contributed by atoms with Gasteiger partial charge in [-0.3, -0.25) is 0 Å². The van der Waals surface area contributed by atoms with Crippen LogP contribution in [-0.4, -0.2) is 12.1 Å². The van der Waals surface area contributed by atoms with E-state index in [0.717, 1.165) is 34.3 Å². The second-order valence-corrected chi connectivity index (χ2v) is 3.67. The van der Waals surface area contributed by atoms with E-state index in [1.165, 1.54) is 0 Å². The number of pyridine rings is 1. The fraction of sp³-hybridized carbons (Fsp3) is 0.214. The van der Waals surface area contributed by atoms with Gasteiger partial charge in [0.05, 0.1) is 12.6 Å². The Morgan fingerprint density at radius 3 is 2.81 bits per heavy atom. The molecule has 2 nitrogen and oxygen atoms in total. The van der Waals surface area contributed by atoms with Gasteiger partial charge in [0.25, 0.3) is 0 Å². The molecule has 0 N–H and O–H groups in total. The summed E-state index contributed by atoms with van der Waals surface area (Å²) in [6.45, 7) is 5.86. The number of rotatable bonds is 3. The molecule has 0 atom stereocenters. The molecule has 0 aliphatic heterocycles. The molecular formula is C14H15NO. The van der Waals surface area contributed by atoms with E-state index in [4.69, 9.17) is 4.74 Å². The van der Waals surface area contributed by atoms with Crippen LogP contribution in [-0.2, 0) is 6.42 Å². The van der Waals surface area contributed by atoms with Crippen LogP contribution in [0.2, 0.25) is 0 Å². The Balaban J connectivity index is 2.68. The van der Waals surface area contributed by atoms with Crippen molar-refractivity contribution in [2.45, 2.75) is 13.3 Å². The Morgan fingerprint density at radius 1 is 1.38 bits per heavy atom. The number of hydrogen-bond donors (Lipinski definition) is 0. The highest BCUT2D eigenvalue weighted by Crippen LogP contribution is 2.23. The number of benzene rings is 1. The molecule has 0 bridgehead atoms. The number of hydrogen-bond acceptors (Lipinski definition) is 2. The lowest BCUT2D eigenvalue weighted by atomic mass is 10.1. The van der Waals surface area contributed by atoms with Gasteiger partial charge in [-0.05, 0) is 24.1 Å². The van der Waals surface area contributed by atoms with Crippen LogP contribution in [0.3, 0.4) is 0 Å². The lowest BCUT2D eigenvalue weighted by Crippen LogP contribution is -1.94. The zero-order chi connectivity index (χ0) is 11.5. The average molecular weight is 213 g/mol. The third-order valence-electron chi connectivity index (χ3n) is 2.69. The molecule has 1 aromatic heterocycles. The number of methoxy groups -OCH3 is 1. The number of aryl methyl sites for hydroxylation is 1. The molecule has 0 aliphatic rings. The summed E-state index contributed by atoms with van der Waals surface area (Å²) in [5, 5.41) is 1.14. The van der Waals surface area contributed by atoms with Crippen molar-refractivity contribution in [1.29, 1.82) is 0 Å². The average Bonchev–Trinajstić information content (AvgIpc) is 2.36. The van der Waals surface area contributed by atoms with Crippen molar-refractivity contribution in [3.8, 4) is 5.88 Å². The summed E-state index contributed by atoms with van der Waals surface area (Å²) in [4.78, 5) is 4.50. The van der Waals surface area contributed by atoms with Crippen LogP contribution in [0.25, 0.3) is 17.0 Å². The first-order chi connectivity index (χ1) is 7.78. The highest BCUT2D eigenvalue weighted by molar-refractivity contribution is 5.82. The summed E-state index contributed by atoms with van der Waals surface area (Å²) >= 11 is 0. The zero-order valence-electron chi connectivity index (χ0n) is 9.66. The minimum atomic E-state index is 0.719. The third kappa shape index (κ3) is 1.78. The zero-order valence-corrected chi connectivity index (χ0v) is 9.66. The Hall–Kier alpha value is -1.83. The van der Waals surface area contributed by atoms with Gasteiger partial charge in [0.2, 0.25) is 5.88 Å². The quantitative estimate of drug-likeness (QED) is 0.779. The van der Waals surface area contributed by atoms with E-state index < -0.39 is 0 Å². The van der Waals surface area contributed by atoms with Gasteiger partial charge in [-0.15, -0.1) is 0 Å². The van der Waals surface area contributed by atoms with E-state index in [0.29, 0.717) is 0 Å². The molecule has 0 saturated heterocycles. The molecule has 2 heteroatoms. The standard InChI is InChI=1S/C14H15NO/c1-4-10-6-7-12-9-11(5-2)14(16-3)15-13(12)8-10/h4,6-9H,1,5H2,2-3H3. The second kappa shape index (κ2) is 4.35. The number of fused-ring (bicyclic) bond motifs is 1. The van der Waals surface area contributed by atoms with Crippen LogP contribution in [0.5, 0.6) is 5.88 Å². The Bertz CT molecular complexity index is 531. The molecule has 2 aromatic rings. The first-order valence-corrected chi connectivity index (χ1v) is 5.38. The fourth-order valence-electron chi connectivity index (χ4n) is 1.77. The van der Waals surface area contributed by atoms with Crippen LogP contribution in [0.1, 0.15) is 18.1 Å². The molecule has 0 unspecified atom stereocenters. The van der Waals surface area contributed by atoms with Gasteiger partial charge in [-0.1, -0.05) is 31.7 Å². The molecule has 16 heavy (non-hydrogen) atoms. The van der Waals surface area contributed by atoms with Crippen LogP contribution >= 0.6 is 0 Å². The molecule has 82 valence electrons. The SMILES string of the molecule is C=Cc1ccc2cc(CC)c(OC)nc2c1. The number of ether oxygens (including phenoxy) is 1. The highest BCUT2D eigenvalue weighted by atomic mass is 16.5. The summed E-state index contributed by atoms with van der Waals surface area (Å²) in [5.74, 6) is 0.719. The van der Waals surface area contributed by atoms with Crippen molar-refractivity contribution in [2.75, 3.05) is 7.11 Å². The minimum absolute atomic E-state index is 0.719. The van der Waals surface area contributed by atoms with Gasteiger partial charge < -0.3 is 4.74 Å². The van der Waals surface area contributed by atoms with E-state index in [-0.39, 0.29) is 0 Å². The predicted molar refractivity (Wildman–Crippen MR) is 67.8 cm³/mol. The predicted octanol–water partition coefficient (Wildman–Crippen LogP) is 3.45. The first kappa shape index (κ1) is 10.7. The Kier molecular flexibility index (Phi) is 2.91. The van der Waals surface area contributed by atoms with Crippen molar-refractivity contribution in [3.05, 3.63) is 42.0 Å². The first-order valence-electron chi connectivity index (χ1n) is 5.38. The number of aromatic nitrogens is 1. The monoisotopic (exact) mass is 213 g/mol. The normalized spacial score (nSPS) is 10.4. The number of nitrogens with zero attached hydrogens (tertiary/aromatic N) is 1. The summed E-state index contributed by atoms with van der Waals surface area (Å²) < 4.78 is 5.28. The molecule has 1 aromatic carbocycles. The largest absolute Gasteiger partial charge is 0.481 e. The summed E-state index contributed by atoms with van der Waals surface area (Å²) in [6.07, 6.45) is 2.75. The van der Waals surface area contributed by atoms with Crippen molar-refractivity contribution >= 4 is 17.0 Å². The van der Waals surface area contributed by atoms with Gasteiger partial charge in [0, 0.05) is 10.9 Å². The molecular weight excluding hydrogens is 198 g/mol. The molecule has 0 saturated carbocycles. The van der Waals surface area contributed by atoms with Crippen LogP contribution in [0.4, 0.5) is 0 Å². The smallest absolute Gasteiger partial charge is 0.216 e. The van der Waals surface area contributed by atoms with Crippen molar-refractivity contribution in [2.24, 2.45) is 0 Å². The van der Waals surface area contributed by atoms with Gasteiger partial charge in [-0.2, -0.15) is 0 Å². The third-order valence-corrected chi connectivity index (χ3v) is 2.69. The van der Waals surface area contributed by atoms with E-state index in [9.17, 15) is 0 Å². The van der Waals surface area contributed by atoms with Crippen LogP contribution < -0.4 is 4.74 Å². The van der Waals surface area contributed by atoms with Gasteiger partial charge in [-0.25, -0.2) is 4.98 Å². The van der Waals surface area contributed by atoms with Crippen LogP contribution in [0, 0.1) is 0 Å². The Morgan fingerprint density at radius 2 is 2.19 bits per heavy atom. The van der Waals surface area contributed by atoms with Gasteiger partial charge in [0.15, 0.2) is 0 Å².